The molecule has 1 fully saturated rings. The number of carbonyl (C=O) groups is 1. The van der Waals surface area contributed by atoms with Crippen molar-refractivity contribution >= 4 is 12.0 Å². The molecule has 2 atom stereocenters. The Morgan fingerprint density at radius 3 is 3.13 bits per heavy atom. The van der Waals surface area contributed by atoms with Crippen molar-refractivity contribution in [3.63, 3.8) is 0 Å². The number of rotatable bonds is 4. The summed E-state index contributed by atoms with van der Waals surface area (Å²) in [5.74, 6) is 0.532. The molecule has 1 N–H and O–H groups in total. The number of fused-ring (bicyclic) bond motifs is 1. The SMILES string of the molecule is CC1Cc2cc(/C=C(\C#N)C(=O)NCC3CCCO3)ccc2O1. The summed E-state index contributed by atoms with van der Waals surface area (Å²) in [5.41, 5.74) is 2.06. The number of nitrogens with one attached hydrogen (secondary N) is 1. The van der Waals surface area contributed by atoms with Gasteiger partial charge in [0.15, 0.2) is 0 Å². The number of amides is 1. The van der Waals surface area contributed by atoms with E-state index in [1.807, 2.05) is 31.2 Å². The van der Waals surface area contributed by atoms with Gasteiger partial charge in [-0.1, -0.05) is 6.07 Å². The van der Waals surface area contributed by atoms with Gasteiger partial charge in [0.2, 0.25) is 0 Å². The molecule has 120 valence electrons. The van der Waals surface area contributed by atoms with Gasteiger partial charge in [0.05, 0.1) is 6.10 Å². The number of hydrogen-bond acceptors (Lipinski definition) is 4. The molecule has 1 aromatic rings. The van der Waals surface area contributed by atoms with Gasteiger partial charge in [0, 0.05) is 19.6 Å². The fourth-order valence-corrected chi connectivity index (χ4v) is 2.95. The predicted molar refractivity (Wildman–Crippen MR) is 85.8 cm³/mol. The van der Waals surface area contributed by atoms with Crippen LogP contribution >= 0.6 is 0 Å². The molecule has 5 nitrogen and oxygen atoms in total. The van der Waals surface area contributed by atoms with Gasteiger partial charge in [-0.25, -0.2) is 0 Å². The second-order valence-corrected chi connectivity index (χ2v) is 6.01. The third-order valence-electron chi connectivity index (χ3n) is 4.11. The summed E-state index contributed by atoms with van der Waals surface area (Å²) < 4.78 is 11.1. The molecule has 2 heterocycles. The summed E-state index contributed by atoms with van der Waals surface area (Å²) in [6.07, 6.45) is 4.69. The third-order valence-corrected chi connectivity index (χ3v) is 4.11. The van der Waals surface area contributed by atoms with Gasteiger partial charge in [-0.05, 0) is 49.1 Å². The first-order chi connectivity index (χ1) is 11.2. The Morgan fingerprint density at radius 2 is 2.39 bits per heavy atom. The number of ether oxygens (including phenoxy) is 2. The van der Waals surface area contributed by atoms with E-state index >= 15 is 0 Å². The van der Waals surface area contributed by atoms with E-state index in [1.54, 1.807) is 6.08 Å². The van der Waals surface area contributed by atoms with E-state index in [0.717, 1.165) is 42.7 Å². The first-order valence-electron chi connectivity index (χ1n) is 7.97. The first-order valence-corrected chi connectivity index (χ1v) is 7.97. The van der Waals surface area contributed by atoms with E-state index in [-0.39, 0.29) is 23.7 Å². The highest BCUT2D eigenvalue weighted by Crippen LogP contribution is 2.29. The maximum Gasteiger partial charge on any atom is 0.262 e. The van der Waals surface area contributed by atoms with Gasteiger partial charge in [-0.2, -0.15) is 5.26 Å². The van der Waals surface area contributed by atoms with Crippen molar-refractivity contribution < 1.29 is 14.3 Å². The van der Waals surface area contributed by atoms with Gasteiger partial charge < -0.3 is 14.8 Å². The van der Waals surface area contributed by atoms with E-state index in [0.29, 0.717) is 6.54 Å². The Balaban J connectivity index is 1.67. The molecule has 1 amide bonds. The van der Waals surface area contributed by atoms with E-state index in [4.69, 9.17) is 9.47 Å². The number of carbonyl (C=O) groups excluding carboxylic acids is 1. The van der Waals surface area contributed by atoms with Crippen LogP contribution in [-0.4, -0.2) is 31.3 Å². The zero-order valence-corrected chi connectivity index (χ0v) is 13.2. The minimum Gasteiger partial charge on any atom is -0.490 e. The van der Waals surface area contributed by atoms with Gasteiger partial charge in [-0.3, -0.25) is 4.79 Å². The highest BCUT2D eigenvalue weighted by molar-refractivity contribution is 6.01. The van der Waals surface area contributed by atoms with Crippen LogP contribution in [0.4, 0.5) is 0 Å². The molecule has 0 bridgehead atoms. The van der Waals surface area contributed by atoms with E-state index in [2.05, 4.69) is 5.32 Å². The molecule has 2 unspecified atom stereocenters. The molecule has 2 aliphatic rings. The standard InChI is InChI=1S/C18H20N2O3/c1-12-7-14-8-13(4-5-17(14)23-12)9-15(10-19)18(21)20-11-16-3-2-6-22-16/h4-5,8-9,12,16H,2-3,6-7,11H2,1H3,(H,20,21)/b15-9+. The molecule has 1 saturated heterocycles. The van der Waals surface area contributed by atoms with Crippen LogP contribution in [0.2, 0.25) is 0 Å². The van der Waals surface area contributed by atoms with Crippen LogP contribution in [0.15, 0.2) is 23.8 Å². The first kappa shape index (κ1) is 15.6. The third kappa shape index (κ3) is 3.72. The van der Waals surface area contributed by atoms with Crippen LogP contribution in [0, 0.1) is 11.3 Å². The summed E-state index contributed by atoms with van der Waals surface area (Å²) in [6.45, 7) is 3.22. The second-order valence-electron chi connectivity index (χ2n) is 6.01. The lowest BCUT2D eigenvalue weighted by Gasteiger charge is -2.10. The maximum absolute atomic E-state index is 12.1. The Hall–Kier alpha value is -2.32. The lowest BCUT2D eigenvalue weighted by Crippen LogP contribution is -2.32. The highest BCUT2D eigenvalue weighted by Gasteiger charge is 2.20. The monoisotopic (exact) mass is 312 g/mol. The minimum atomic E-state index is -0.354. The molecule has 0 radical (unpaired) electrons. The van der Waals surface area contributed by atoms with Crippen molar-refractivity contribution in [3.8, 4) is 11.8 Å². The van der Waals surface area contributed by atoms with Crippen LogP contribution in [-0.2, 0) is 16.0 Å². The quantitative estimate of drug-likeness (QED) is 0.683. The van der Waals surface area contributed by atoms with Crippen molar-refractivity contribution in [2.75, 3.05) is 13.2 Å². The van der Waals surface area contributed by atoms with Gasteiger partial charge in [0.25, 0.3) is 5.91 Å². The molecule has 2 aliphatic heterocycles. The number of nitrogens with zero attached hydrogens (tertiary/aromatic N) is 1. The molecule has 5 heteroatoms. The summed E-state index contributed by atoms with van der Waals surface area (Å²) in [4.78, 5) is 12.1. The molecule has 0 aliphatic carbocycles. The average molecular weight is 312 g/mol. The Morgan fingerprint density at radius 1 is 1.52 bits per heavy atom. The lowest BCUT2D eigenvalue weighted by atomic mass is 10.0. The topological polar surface area (TPSA) is 71.4 Å². The van der Waals surface area contributed by atoms with Crippen molar-refractivity contribution in [1.82, 2.24) is 5.32 Å². The molecule has 0 spiro atoms. The summed E-state index contributed by atoms with van der Waals surface area (Å²) in [5, 5.41) is 12.0. The zero-order chi connectivity index (χ0) is 16.2. The molecular weight excluding hydrogens is 292 g/mol. The van der Waals surface area contributed by atoms with Crippen molar-refractivity contribution in [3.05, 3.63) is 34.9 Å². The second kappa shape index (κ2) is 6.84. The number of nitriles is 1. The van der Waals surface area contributed by atoms with Gasteiger partial charge in [-0.15, -0.1) is 0 Å². The highest BCUT2D eigenvalue weighted by atomic mass is 16.5. The van der Waals surface area contributed by atoms with Crippen molar-refractivity contribution in [1.29, 1.82) is 5.26 Å². The smallest absolute Gasteiger partial charge is 0.262 e. The number of benzene rings is 1. The normalized spacial score (nSPS) is 23.0. The molecule has 0 saturated carbocycles. The Kier molecular flexibility index (Phi) is 4.63. The summed E-state index contributed by atoms with van der Waals surface area (Å²) in [7, 11) is 0. The fraction of sp³-hybridized carbons (Fsp3) is 0.444. The van der Waals surface area contributed by atoms with Crippen LogP contribution in [0.3, 0.4) is 0 Å². The molecular formula is C18H20N2O3. The van der Waals surface area contributed by atoms with E-state index < -0.39 is 0 Å². The van der Waals surface area contributed by atoms with Crippen LogP contribution in [0.5, 0.6) is 5.75 Å². The van der Waals surface area contributed by atoms with Gasteiger partial charge >= 0.3 is 0 Å². The van der Waals surface area contributed by atoms with Crippen molar-refractivity contribution in [2.45, 2.75) is 38.4 Å². The van der Waals surface area contributed by atoms with Crippen LogP contribution in [0.25, 0.3) is 6.08 Å². The van der Waals surface area contributed by atoms with Crippen LogP contribution in [0.1, 0.15) is 30.9 Å². The zero-order valence-electron chi connectivity index (χ0n) is 13.2. The van der Waals surface area contributed by atoms with E-state index in [1.165, 1.54) is 0 Å². The predicted octanol–water partition coefficient (Wildman–Crippen LogP) is 2.21. The summed E-state index contributed by atoms with van der Waals surface area (Å²) >= 11 is 0. The van der Waals surface area contributed by atoms with Crippen molar-refractivity contribution in [2.24, 2.45) is 0 Å². The molecule has 3 rings (SSSR count). The number of hydrogen-bond donors (Lipinski definition) is 1. The molecule has 1 aromatic carbocycles. The summed E-state index contributed by atoms with van der Waals surface area (Å²) in [6, 6.07) is 7.71. The Labute approximate surface area is 135 Å². The largest absolute Gasteiger partial charge is 0.490 e. The Bertz CT molecular complexity index is 669. The van der Waals surface area contributed by atoms with Gasteiger partial charge in [0.1, 0.15) is 23.5 Å². The maximum atomic E-state index is 12.1. The molecule has 23 heavy (non-hydrogen) atoms. The minimum absolute atomic E-state index is 0.0672. The lowest BCUT2D eigenvalue weighted by molar-refractivity contribution is -0.117. The molecule has 0 aromatic heterocycles. The fourth-order valence-electron chi connectivity index (χ4n) is 2.95. The van der Waals surface area contributed by atoms with E-state index in [9.17, 15) is 10.1 Å². The average Bonchev–Trinajstić information content (AvgIpc) is 3.18. The van der Waals surface area contributed by atoms with Crippen LogP contribution < -0.4 is 10.1 Å².